The van der Waals surface area contributed by atoms with Gasteiger partial charge in [0.05, 0.1) is 6.04 Å². The highest BCUT2D eigenvalue weighted by atomic mass is 19.3. The Morgan fingerprint density at radius 1 is 0.976 bits per heavy atom. The van der Waals surface area contributed by atoms with Crippen LogP contribution in [0.2, 0.25) is 0 Å². The van der Waals surface area contributed by atoms with Gasteiger partial charge in [0.1, 0.15) is 12.6 Å². The first-order valence-corrected chi connectivity index (χ1v) is 12.7. The second-order valence-electron chi connectivity index (χ2n) is 10.1. The molecule has 10 nitrogen and oxygen atoms in total. The van der Waals surface area contributed by atoms with Gasteiger partial charge in [-0.3, -0.25) is 24.0 Å². The van der Waals surface area contributed by atoms with E-state index in [0.29, 0.717) is 0 Å². The van der Waals surface area contributed by atoms with E-state index in [-0.39, 0.29) is 44.7 Å². The van der Waals surface area contributed by atoms with Crippen molar-refractivity contribution in [1.29, 1.82) is 0 Å². The molecule has 4 amide bonds. The number of halogens is 6. The Morgan fingerprint density at radius 2 is 1.59 bits per heavy atom. The molecule has 1 aliphatic carbocycles. The van der Waals surface area contributed by atoms with Gasteiger partial charge in [-0.25, -0.2) is 17.6 Å². The number of rotatable bonds is 11. The summed E-state index contributed by atoms with van der Waals surface area (Å²) in [4.78, 5) is 61.6. The molecule has 41 heavy (non-hydrogen) atoms. The summed E-state index contributed by atoms with van der Waals surface area (Å²) in [7, 11) is 0. The Morgan fingerprint density at radius 3 is 2.12 bits per heavy atom. The van der Waals surface area contributed by atoms with Crippen molar-refractivity contribution in [3.8, 4) is 5.75 Å². The van der Waals surface area contributed by atoms with Crippen molar-refractivity contribution in [2.45, 2.75) is 63.0 Å². The van der Waals surface area contributed by atoms with Gasteiger partial charge in [-0.2, -0.15) is 8.78 Å². The van der Waals surface area contributed by atoms with Crippen molar-refractivity contribution < 1.29 is 55.1 Å². The number of hydrogen-bond acceptors (Lipinski definition) is 6. The summed E-state index contributed by atoms with van der Waals surface area (Å²) in [5, 5.41) is 6.93. The fraction of sp³-hybridized carbons (Fsp3) is 0.560. The number of nitrogens with one attached hydrogen (secondary N) is 3. The van der Waals surface area contributed by atoms with Crippen LogP contribution in [0.25, 0.3) is 0 Å². The van der Waals surface area contributed by atoms with Crippen molar-refractivity contribution in [3.63, 3.8) is 0 Å². The van der Waals surface area contributed by atoms with Crippen LogP contribution in [0.3, 0.4) is 0 Å². The van der Waals surface area contributed by atoms with Gasteiger partial charge >= 0.3 is 11.8 Å². The second-order valence-corrected chi connectivity index (χ2v) is 10.1. The van der Waals surface area contributed by atoms with Crippen LogP contribution in [0, 0.1) is 35.1 Å². The van der Waals surface area contributed by atoms with E-state index < -0.39 is 108 Å². The minimum atomic E-state index is -2.88. The first kappa shape index (κ1) is 31.7. The summed E-state index contributed by atoms with van der Waals surface area (Å²) < 4.78 is 86.9. The van der Waals surface area contributed by atoms with Crippen LogP contribution in [-0.4, -0.2) is 60.6 Å². The van der Waals surface area contributed by atoms with Crippen molar-refractivity contribution in [1.82, 2.24) is 16.0 Å². The van der Waals surface area contributed by atoms with E-state index in [4.69, 9.17) is 10.5 Å². The molecule has 1 aromatic carbocycles. The van der Waals surface area contributed by atoms with E-state index in [0.717, 1.165) is 0 Å². The summed E-state index contributed by atoms with van der Waals surface area (Å²) in [5.41, 5.74) is 4.96. The lowest BCUT2D eigenvalue weighted by molar-refractivity contribution is -0.139. The highest BCUT2D eigenvalue weighted by molar-refractivity contribution is 6.34. The summed E-state index contributed by atoms with van der Waals surface area (Å²) in [6, 6.07) is -3.13. The predicted octanol–water partition coefficient (Wildman–Crippen LogP) is 1.39. The number of primary amides is 1. The Labute approximate surface area is 229 Å². The Kier molecular flexibility index (Phi) is 10.2. The highest BCUT2D eigenvalue weighted by Gasteiger charge is 2.38. The first-order chi connectivity index (χ1) is 19.2. The molecule has 0 spiro atoms. The summed E-state index contributed by atoms with van der Waals surface area (Å²) in [6.07, 6.45) is -1.17. The number of nitrogens with two attached hydrogens (primary N) is 1. The lowest BCUT2D eigenvalue weighted by Crippen LogP contribution is -2.55. The Balaban J connectivity index is 1.78. The predicted molar refractivity (Wildman–Crippen MR) is 127 cm³/mol. The monoisotopic (exact) mass is 594 g/mol. The van der Waals surface area contributed by atoms with Gasteiger partial charge in [-0.05, 0) is 38.0 Å². The van der Waals surface area contributed by atoms with Crippen LogP contribution in [0.5, 0.6) is 5.75 Å². The van der Waals surface area contributed by atoms with E-state index in [1.165, 1.54) is 0 Å². The first-order valence-electron chi connectivity index (χ1n) is 12.7. The quantitative estimate of drug-likeness (QED) is 0.172. The zero-order chi connectivity index (χ0) is 30.5. The number of amides is 4. The van der Waals surface area contributed by atoms with Crippen molar-refractivity contribution in [3.05, 3.63) is 29.3 Å². The van der Waals surface area contributed by atoms with Crippen LogP contribution in [-0.2, 0) is 24.0 Å². The molecule has 1 aliphatic heterocycles. The molecule has 5 N–H and O–H groups in total. The maximum Gasteiger partial charge on any atom is 0.309 e. The van der Waals surface area contributed by atoms with Gasteiger partial charge < -0.3 is 26.4 Å². The van der Waals surface area contributed by atoms with E-state index in [2.05, 4.69) is 16.0 Å². The maximum absolute atomic E-state index is 14.0. The molecule has 226 valence electrons. The van der Waals surface area contributed by atoms with Crippen LogP contribution >= 0.6 is 0 Å². The number of ketones is 1. The number of hydrogen-bond donors (Lipinski definition) is 4. The minimum Gasteiger partial charge on any atom is -0.479 e. The molecule has 1 saturated carbocycles. The second kappa shape index (κ2) is 13.2. The number of benzene rings is 1. The molecule has 16 heteroatoms. The standard InChI is InChI=1S/C25H28F6N4O6/c26-13-9-14(27)19(29)20(18(13)28)41-10-17(36)15(8-12-3-6-33-22(12)38)34-23(39)16(35-24(40)21(32)37)7-11-1-4-25(30,31)5-2-11/h9,11-12,15-16H,1-8,10H2,(H2,32,37)(H,33,38)(H,34,39)(H,35,40)/t12-,15-,16-/m0/s1. The molecule has 0 unspecified atom stereocenters. The molecule has 2 fully saturated rings. The zero-order valence-electron chi connectivity index (χ0n) is 21.5. The normalized spacial score (nSPS) is 20.0. The van der Waals surface area contributed by atoms with Gasteiger partial charge in [-0.15, -0.1) is 0 Å². The summed E-state index contributed by atoms with van der Waals surface area (Å²) in [6.45, 7) is -0.927. The average molecular weight is 595 g/mol. The van der Waals surface area contributed by atoms with Crippen LogP contribution in [0.4, 0.5) is 26.3 Å². The maximum atomic E-state index is 14.0. The minimum absolute atomic E-state index is 0.00297. The van der Waals surface area contributed by atoms with Crippen molar-refractivity contribution >= 4 is 29.4 Å². The van der Waals surface area contributed by atoms with Gasteiger partial charge in [-0.1, -0.05) is 0 Å². The fourth-order valence-electron chi connectivity index (χ4n) is 4.75. The van der Waals surface area contributed by atoms with Crippen LogP contribution in [0.1, 0.15) is 44.9 Å². The number of ether oxygens (including phenoxy) is 1. The Bertz CT molecular complexity index is 1180. The van der Waals surface area contributed by atoms with Crippen molar-refractivity contribution in [2.75, 3.05) is 13.2 Å². The number of carbonyl (C=O) groups is 5. The number of alkyl halides is 2. The van der Waals surface area contributed by atoms with Gasteiger partial charge in [0.2, 0.25) is 29.4 Å². The van der Waals surface area contributed by atoms with Gasteiger partial charge in [0.15, 0.2) is 23.2 Å². The topological polar surface area (TPSA) is 157 Å². The molecule has 0 aromatic heterocycles. The average Bonchev–Trinajstić information content (AvgIpc) is 3.31. The lowest BCUT2D eigenvalue weighted by atomic mass is 9.82. The van der Waals surface area contributed by atoms with E-state index in [1.54, 1.807) is 0 Å². The number of Topliss-reactive ketones (excluding diaryl/α,β-unsaturated/α-hetero) is 1. The molecule has 2 aliphatic rings. The molecule has 0 radical (unpaired) electrons. The molecule has 0 bridgehead atoms. The summed E-state index contributed by atoms with van der Waals surface area (Å²) in [5.74, 6) is -18.4. The van der Waals surface area contributed by atoms with Gasteiger partial charge in [0.25, 0.3) is 0 Å². The van der Waals surface area contributed by atoms with Crippen molar-refractivity contribution in [2.24, 2.45) is 17.6 Å². The van der Waals surface area contributed by atoms with Crippen LogP contribution < -0.4 is 26.4 Å². The van der Waals surface area contributed by atoms with E-state index in [9.17, 15) is 50.3 Å². The molecule has 1 saturated heterocycles. The van der Waals surface area contributed by atoms with Gasteiger partial charge in [0, 0.05) is 31.4 Å². The molecule has 3 rings (SSSR count). The number of carbonyl (C=O) groups excluding carboxylic acids is 5. The SMILES string of the molecule is NC(=O)C(=O)N[C@@H](CC1CCC(F)(F)CC1)C(=O)N[C@@H](C[C@@H]1CCNC1=O)C(=O)COc1c(F)c(F)cc(F)c1F. The van der Waals surface area contributed by atoms with Crippen LogP contribution in [0.15, 0.2) is 6.07 Å². The molecular weight excluding hydrogens is 566 g/mol. The summed E-state index contributed by atoms with van der Waals surface area (Å²) >= 11 is 0. The largest absolute Gasteiger partial charge is 0.479 e. The lowest BCUT2D eigenvalue weighted by Gasteiger charge is -2.31. The third-order valence-corrected chi connectivity index (χ3v) is 7.07. The smallest absolute Gasteiger partial charge is 0.309 e. The Hall–Kier alpha value is -3.85. The molecular formula is C25H28F6N4O6. The van der Waals surface area contributed by atoms with E-state index in [1.807, 2.05) is 0 Å². The molecule has 3 atom stereocenters. The molecule has 1 aromatic rings. The third kappa shape index (κ3) is 8.33. The zero-order valence-corrected chi connectivity index (χ0v) is 21.5. The third-order valence-electron chi connectivity index (χ3n) is 7.07. The van der Waals surface area contributed by atoms with E-state index >= 15 is 0 Å². The fourth-order valence-corrected chi connectivity index (χ4v) is 4.75. The highest BCUT2D eigenvalue weighted by Crippen LogP contribution is 2.38. The molecule has 1 heterocycles.